The van der Waals surface area contributed by atoms with E-state index in [4.69, 9.17) is 0 Å². The second-order valence-corrected chi connectivity index (χ2v) is 9.15. The first kappa shape index (κ1) is 21.3. The van der Waals surface area contributed by atoms with Crippen LogP contribution < -0.4 is 10.7 Å². The lowest BCUT2D eigenvalue weighted by molar-refractivity contribution is -0.143. The fraction of sp³-hybridized carbons (Fsp3) is 0.565. The largest absolute Gasteiger partial charge is 0.344 e. The lowest BCUT2D eigenvalue weighted by Crippen LogP contribution is -2.54. The molecule has 1 aliphatic carbocycles. The van der Waals surface area contributed by atoms with Gasteiger partial charge >= 0.3 is 6.03 Å². The second-order valence-electron chi connectivity index (χ2n) is 9.15. The molecule has 2 aliphatic heterocycles. The SMILES string of the molecule is CC1CCC2(CC1)NC(=O)N(NC(=O)[C@@H]1CCCN(C(=O)Cc3ccccc3)C1)C2=O. The Hall–Kier alpha value is -2.90. The summed E-state index contributed by atoms with van der Waals surface area (Å²) in [6.07, 6.45) is 4.55. The van der Waals surface area contributed by atoms with Crippen LogP contribution in [0.15, 0.2) is 30.3 Å². The van der Waals surface area contributed by atoms with Crippen molar-refractivity contribution in [1.82, 2.24) is 20.7 Å². The molecule has 8 nitrogen and oxygen atoms in total. The van der Waals surface area contributed by atoms with E-state index in [0.717, 1.165) is 23.4 Å². The second kappa shape index (κ2) is 8.69. The molecular formula is C23H30N4O4. The van der Waals surface area contributed by atoms with Crippen LogP contribution in [0.2, 0.25) is 0 Å². The molecule has 1 aromatic rings. The number of nitrogens with one attached hydrogen (secondary N) is 2. The summed E-state index contributed by atoms with van der Waals surface area (Å²) in [4.78, 5) is 52.7. The first-order valence-corrected chi connectivity index (χ1v) is 11.2. The molecule has 0 radical (unpaired) electrons. The predicted octanol–water partition coefficient (Wildman–Crippen LogP) is 2.00. The molecule has 3 aliphatic rings. The summed E-state index contributed by atoms with van der Waals surface area (Å²) in [5.74, 6) is -0.695. The number of rotatable bonds is 4. The minimum absolute atomic E-state index is 0.0195. The number of piperidine rings is 1. The molecule has 5 amide bonds. The molecular weight excluding hydrogens is 396 g/mol. The topological polar surface area (TPSA) is 98.8 Å². The lowest BCUT2D eigenvalue weighted by atomic mass is 9.77. The Bertz CT molecular complexity index is 864. The molecule has 2 saturated heterocycles. The van der Waals surface area contributed by atoms with Gasteiger partial charge in [0.1, 0.15) is 5.54 Å². The zero-order valence-corrected chi connectivity index (χ0v) is 17.9. The van der Waals surface area contributed by atoms with Crippen LogP contribution in [0, 0.1) is 11.8 Å². The molecule has 1 spiro atoms. The molecule has 0 bridgehead atoms. The van der Waals surface area contributed by atoms with Crippen LogP contribution in [0.25, 0.3) is 0 Å². The van der Waals surface area contributed by atoms with Crippen molar-refractivity contribution in [3.63, 3.8) is 0 Å². The van der Waals surface area contributed by atoms with Crippen LogP contribution >= 0.6 is 0 Å². The van der Waals surface area contributed by atoms with Crippen molar-refractivity contribution in [3.05, 3.63) is 35.9 Å². The number of hydrazine groups is 1. The molecule has 8 heteroatoms. The fourth-order valence-electron chi connectivity index (χ4n) is 4.82. The van der Waals surface area contributed by atoms with Crippen molar-refractivity contribution >= 4 is 23.8 Å². The molecule has 2 heterocycles. The average molecular weight is 427 g/mol. The van der Waals surface area contributed by atoms with Crippen molar-refractivity contribution < 1.29 is 19.2 Å². The van der Waals surface area contributed by atoms with Gasteiger partial charge in [0, 0.05) is 13.1 Å². The summed E-state index contributed by atoms with van der Waals surface area (Å²) < 4.78 is 0. The number of urea groups is 1. The maximum Gasteiger partial charge on any atom is 0.344 e. The van der Waals surface area contributed by atoms with E-state index in [9.17, 15) is 19.2 Å². The van der Waals surface area contributed by atoms with Gasteiger partial charge in [0.25, 0.3) is 5.91 Å². The van der Waals surface area contributed by atoms with Crippen molar-refractivity contribution in [1.29, 1.82) is 0 Å². The molecule has 0 unspecified atom stereocenters. The maximum atomic E-state index is 13.0. The minimum atomic E-state index is -0.888. The number of hydrogen-bond acceptors (Lipinski definition) is 4. The molecule has 3 fully saturated rings. The minimum Gasteiger partial charge on any atom is -0.342 e. The Balaban J connectivity index is 1.35. The van der Waals surface area contributed by atoms with Crippen molar-refractivity contribution in [3.8, 4) is 0 Å². The third-order valence-corrected chi connectivity index (χ3v) is 6.85. The number of likely N-dealkylation sites (tertiary alicyclic amines) is 1. The van der Waals surface area contributed by atoms with E-state index < -0.39 is 17.5 Å². The van der Waals surface area contributed by atoms with Crippen molar-refractivity contribution in [2.45, 2.75) is 57.4 Å². The molecule has 4 rings (SSSR count). The molecule has 31 heavy (non-hydrogen) atoms. The molecule has 166 valence electrons. The standard InChI is InChI=1S/C23H30N4O4/c1-16-9-11-23(12-10-16)21(30)27(22(31)24-23)25-20(29)18-8-5-13-26(15-18)19(28)14-17-6-3-2-4-7-17/h2-4,6-7,16,18H,5,8-15H2,1H3,(H,24,31)(H,25,29)/t16?,18-,23?/m1/s1. The Labute approximate surface area is 182 Å². The Kier molecular flexibility index (Phi) is 5.98. The van der Waals surface area contributed by atoms with Crippen LogP contribution in [0.4, 0.5) is 4.79 Å². The molecule has 1 aromatic carbocycles. The molecule has 2 N–H and O–H groups in total. The number of carbonyl (C=O) groups excluding carboxylic acids is 4. The van der Waals surface area contributed by atoms with E-state index in [0.29, 0.717) is 51.1 Å². The number of hydrogen-bond donors (Lipinski definition) is 2. The monoisotopic (exact) mass is 426 g/mol. The van der Waals surface area contributed by atoms with Gasteiger partial charge in [-0.25, -0.2) is 4.79 Å². The molecule has 0 aromatic heterocycles. The van der Waals surface area contributed by atoms with Crippen LogP contribution in [0.3, 0.4) is 0 Å². The van der Waals surface area contributed by atoms with E-state index in [1.807, 2.05) is 30.3 Å². The highest BCUT2D eigenvalue weighted by molar-refractivity contribution is 6.08. The highest BCUT2D eigenvalue weighted by Gasteiger charge is 2.53. The van der Waals surface area contributed by atoms with E-state index in [-0.39, 0.29) is 17.7 Å². The van der Waals surface area contributed by atoms with Gasteiger partial charge in [0.05, 0.1) is 12.3 Å². The van der Waals surface area contributed by atoms with E-state index in [2.05, 4.69) is 17.7 Å². The third kappa shape index (κ3) is 4.43. The normalized spacial score (nSPS) is 28.5. The Morgan fingerprint density at radius 3 is 2.55 bits per heavy atom. The number of carbonyl (C=O) groups is 4. The first-order chi connectivity index (χ1) is 14.9. The quantitative estimate of drug-likeness (QED) is 0.720. The fourth-order valence-corrected chi connectivity index (χ4v) is 4.82. The smallest absolute Gasteiger partial charge is 0.342 e. The van der Waals surface area contributed by atoms with Gasteiger partial charge in [-0.3, -0.25) is 19.8 Å². The van der Waals surface area contributed by atoms with Gasteiger partial charge in [0.2, 0.25) is 11.8 Å². The van der Waals surface area contributed by atoms with Crippen LogP contribution in [0.1, 0.15) is 51.0 Å². The lowest BCUT2D eigenvalue weighted by Gasteiger charge is -2.34. The first-order valence-electron chi connectivity index (χ1n) is 11.2. The predicted molar refractivity (Wildman–Crippen MR) is 113 cm³/mol. The zero-order valence-electron chi connectivity index (χ0n) is 17.9. The number of amides is 5. The van der Waals surface area contributed by atoms with Crippen molar-refractivity contribution in [2.24, 2.45) is 11.8 Å². The number of imide groups is 1. The summed E-state index contributed by atoms with van der Waals surface area (Å²) >= 11 is 0. The summed E-state index contributed by atoms with van der Waals surface area (Å²) in [5, 5.41) is 3.66. The van der Waals surface area contributed by atoms with Gasteiger partial charge in [0.15, 0.2) is 0 Å². The van der Waals surface area contributed by atoms with Gasteiger partial charge < -0.3 is 10.2 Å². The van der Waals surface area contributed by atoms with Crippen LogP contribution in [-0.4, -0.2) is 52.3 Å². The summed E-state index contributed by atoms with van der Waals surface area (Å²) in [7, 11) is 0. The van der Waals surface area contributed by atoms with Crippen LogP contribution in [0.5, 0.6) is 0 Å². The van der Waals surface area contributed by atoms with Gasteiger partial charge in [-0.15, -0.1) is 0 Å². The van der Waals surface area contributed by atoms with Gasteiger partial charge in [-0.2, -0.15) is 5.01 Å². The Morgan fingerprint density at radius 1 is 1.13 bits per heavy atom. The van der Waals surface area contributed by atoms with E-state index in [1.165, 1.54) is 0 Å². The van der Waals surface area contributed by atoms with E-state index in [1.54, 1.807) is 4.90 Å². The third-order valence-electron chi connectivity index (χ3n) is 6.85. The molecule has 1 atom stereocenters. The average Bonchev–Trinajstić information content (AvgIpc) is 3.00. The van der Waals surface area contributed by atoms with Gasteiger partial charge in [-0.05, 0) is 50.0 Å². The van der Waals surface area contributed by atoms with E-state index >= 15 is 0 Å². The number of benzene rings is 1. The summed E-state index contributed by atoms with van der Waals surface area (Å²) in [6, 6.07) is 8.94. The Morgan fingerprint density at radius 2 is 1.84 bits per heavy atom. The van der Waals surface area contributed by atoms with Crippen molar-refractivity contribution in [2.75, 3.05) is 13.1 Å². The molecule has 1 saturated carbocycles. The number of nitrogens with zero attached hydrogens (tertiary/aromatic N) is 2. The van der Waals surface area contributed by atoms with Gasteiger partial charge in [-0.1, -0.05) is 37.3 Å². The maximum absolute atomic E-state index is 13.0. The zero-order chi connectivity index (χ0) is 22.0. The summed E-state index contributed by atoms with van der Waals surface area (Å²) in [6.45, 7) is 3.05. The highest BCUT2D eigenvalue weighted by Crippen LogP contribution is 2.35. The highest BCUT2D eigenvalue weighted by atomic mass is 16.2. The van der Waals surface area contributed by atoms with Crippen LogP contribution in [-0.2, 0) is 20.8 Å². The summed E-state index contributed by atoms with van der Waals surface area (Å²) in [5.41, 5.74) is 2.58.